The van der Waals surface area contributed by atoms with Crippen molar-refractivity contribution in [1.82, 2.24) is 4.90 Å². The van der Waals surface area contributed by atoms with Gasteiger partial charge in [0.1, 0.15) is 0 Å². The zero-order chi connectivity index (χ0) is 14.4. The normalized spacial score (nSPS) is 39.0. The molecular formula is C15H29ClN2O2S. The third-order valence-electron chi connectivity index (χ3n) is 5.96. The van der Waals surface area contributed by atoms with E-state index in [0.29, 0.717) is 29.6 Å². The average Bonchev–Trinajstić information content (AvgIpc) is 2.74. The molecule has 3 fully saturated rings. The fourth-order valence-electron chi connectivity index (χ4n) is 4.76. The summed E-state index contributed by atoms with van der Waals surface area (Å²) in [5.74, 6) is 0.815. The minimum Gasteiger partial charge on any atom is -1.00 e. The molecule has 3 heterocycles. The van der Waals surface area contributed by atoms with Crippen LogP contribution >= 0.6 is 0 Å². The molecule has 1 spiro atoms. The number of hydrogen-bond donors (Lipinski definition) is 0. The molecule has 0 aromatic heterocycles. The van der Waals surface area contributed by atoms with E-state index in [4.69, 9.17) is 0 Å². The van der Waals surface area contributed by atoms with Crippen molar-refractivity contribution < 1.29 is 25.3 Å². The SMILES string of the molecule is CC1CCC(C)N1C1CCC[N+]2(CCS(=O)(=O)CC2)C1.[Cl-]. The zero-order valence-corrected chi connectivity index (χ0v) is 14.9. The topological polar surface area (TPSA) is 37.4 Å². The molecular weight excluding hydrogens is 308 g/mol. The summed E-state index contributed by atoms with van der Waals surface area (Å²) < 4.78 is 24.5. The van der Waals surface area contributed by atoms with Crippen LogP contribution in [0.25, 0.3) is 0 Å². The smallest absolute Gasteiger partial charge is 0.161 e. The molecule has 4 nitrogen and oxygen atoms in total. The molecule has 0 N–H and O–H groups in total. The van der Waals surface area contributed by atoms with E-state index in [1.165, 1.54) is 38.8 Å². The maximum atomic E-state index is 11.7. The van der Waals surface area contributed by atoms with Crippen molar-refractivity contribution >= 4 is 9.84 Å². The third-order valence-corrected chi connectivity index (χ3v) is 7.57. The van der Waals surface area contributed by atoms with Gasteiger partial charge in [-0.3, -0.25) is 4.90 Å². The minimum atomic E-state index is -2.75. The summed E-state index contributed by atoms with van der Waals surface area (Å²) in [5, 5.41) is 0. The average molecular weight is 337 g/mol. The van der Waals surface area contributed by atoms with Crippen LogP contribution in [0.15, 0.2) is 0 Å². The first-order chi connectivity index (χ1) is 9.41. The van der Waals surface area contributed by atoms with Crippen LogP contribution in [-0.2, 0) is 9.84 Å². The summed E-state index contributed by atoms with van der Waals surface area (Å²) in [6.45, 7) is 8.82. The number of likely N-dealkylation sites (tertiary alicyclic amines) is 1. The zero-order valence-electron chi connectivity index (χ0n) is 13.3. The number of halogens is 1. The van der Waals surface area contributed by atoms with Gasteiger partial charge in [0.15, 0.2) is 9.84 Å². The Bertz CT molecular complexity index is 444. The molecule has 124 valence electrons. The van der Waals surface area contributed by atoms with Gasteiger partial charge in [-0.05, 0) is 39.5 Å². The van der Waals surface area contributed by atoms with E-state index in [9.17, 15) is 8.42 Å². The highest BCUT2D eigenvalue weighted by atomic mass is 35.5. The van der Waals surface area contributed by atoms with Crippen LogP contribution in [0.3, 0.4) is 0 Å². The molecule has 0 aliphatic carbocycles. The monoisotopic (exact) mass is 336 g/mol. The Morgan fingerprint density at radius 1 is 0.952 bits per heavy atom. The fraction of sp³-hybridized carbons (Fsp3) is 1.00. The predicted molar refractivity (Wildman–Crippen MR) is 81.4 cm³/mol. The lowest BCUT2D eigenvalue weighted by Crippen LogP contribution is -3.00. The second-order valence-electron chi connectivity index (χ2n) is 7.37. The van der Waals surface area contributed by atoms with Crippen LogP contribution in [0.2, 0.25) is 0 Å². The Morgan fingerprint density at radius 2 is 1.52 bits per heavy atom. The third kappa shape index (κ3) is 3.57. The maximum Gasteiger partial charge on any atom is 0.161 e. The quantitative estimate of drug-likeness (QED) is 0.534. The van der Waals surface area contributed by atoms with Gasteiger partial charge in [0.05, 0.1) is 43.7 Å². The molecule has 0 radical (unpaired) electrons. The first-order valence-corrected chi connectivity index (χ1v) is 10.1. The first-order valence-electron chi connectivity index (χ1n) is 8.24. The van der Waals surface area contributed by atoms with Crippen molar-refractivity contribution in [2.24, 2.45) is 0 Å². The van der Waals surface area contributed by atoms with Gasteiger partial charge in [-0.15, -0.1) is 0 Å². The van der Waals surface area contributed by atoms with Crippen LogP contribution in [0.4, 0.5) is 0 Å². The Kier molecular flexibility index (Phi) is 5.29. The second kappa shape index (κ2) is 6.34. The number of rotatable bonds is 1. The number of quaternary nitrogens is 1. The van der Waals surface area contributed by atoms with Crippen molar-refractivity contribution in [3.63, 3.8) is 0 Å². The van der Waals surface area contributed by atoms with Gasteiger partial charge < -0.3 is 16.9 Å². The lowest BCUT2D eigenvalue weighted by atomic mass is 9.99. The van der Waals surface area contributed by atoms with Gasteiger partial charge in [0.2, 0.25) is 0 Å². The molecule has 3 saturated heterocycles. The summed E-state index contributed by atoms with van der Waals surface area (Å²) in [6, 6.07) is 2.10. The van der Waals surface area contributed by atoms with Crippen LogP contribution in [0.1, 0.15) is 39.5 Å². The summed E-state index contributed by atoms with van der Waals surface area (Å²) in [5.41, 5.74) is 0. The molecule has 0 amide bonds. The number of piperidine rings is 1. The molecule has 3 atom stereocenters. The highest BCUT2D eigenvalue weighted by Crippen LogP contribution is 2.32. The van der Waals surface area contributed by atoms with Gasteiger partial charge >= 0.3 is 0 Å². The van der Waals surface area contributed by atoms with Gasteiger partial charge in [-0.1, -0.05) is 0 Å². The lowest BCUT2D eigenvalue weighted by molar-refractivity contribution is -0.931. The summed E-state index contributed by atoms with van der Waals surface area (Å²) in [7, 11) is -2.75. The second-order valence-corrected chi connectivity index (χ2v) is 9.67. The van der Waals surface area contributed by atoms with Crippen LogP contribution in [-0.4, -0.2) is 73.6 Å². The van der Waals surface area contributed by atoms with E-state index in [1.54, 1.807) is 0 Å². The van der Waals surface area contributed by atoms with Gasteiger partial charge in [-0.25, -0.2) is 8.42 Å². The highest BCUT2D eigenvalue weighted by molar-refractivity contribution is 7.91. The van der Waals surface area contributed by atoms with E-state index >= 15 is 0 Å². The number of hydrogen-bond acceptors (Lipinski definition) is 3. The first kappa shape index (κ1) is 17.5. The van der Waals surface area contributed by atoms with E-state index in [2.05, 4.69) is 18.7 Å². The summed E-state index contributed by atoms with van der Waals surface area (Å²) >= 11 is 0. The molecule has 0 aromatic rings. The Balaban J connectivity index is 0.00000161. The molecule has 3 unspecified atom stereocenters. The maximum absolute atomic E-state index is 11.7. The molecule has 0 saturated carbocycles. The molecule has 6 heteroatoms. The van der Waals surface area contributed by atoms with E-state index in [0.717, 1.165) is 17.6 Å². The van der Waals surface area contributed by atoms with Crippen LogP contribution in [0.5, 0.6) is 0 Å². The van der Waals surface area contributed by atoms with Gasteiger partial charge in [-0.2, -0.15) is 0 Å². The fourth-order valence-corrected chi connectivity index (χ4v) is 6.29. The van der Waals surface area contributed by atoms with E-state index in [1.807, 2.05) is 0 Å². The van der Waals surface area contributed by atoms with Crippen molar-refractivity contribution in [3.8, 4) is 0 Å². The van der Waals surface area contributed by atoms with E-state index < -0.39 is 9.84 Å². The molecule has 3 rings (SSSR count). The van der Waals surface area contributed by atoms with Crippen molar-refractivity contribution in [2.45, 2.75) is 57.7 Å². The minimum absolute atomic E-state index is 0. The van der Waals surface area contributed by atoms with E-state index in [-0.39, 0.29) is 12.4 Å². The Morgan fingerprint density at radius 3 is 2.10 bits per heavy atom. The summed E-state index contributed by atoms with van der Waals surface area (Å²) in [6.07, 6.45) is 5.22. The Labute approximate surface area is 135 Å². The van der Waals surface area contributed by atoms with Gasteiger partial charge in [0.25, 0.3) is 0 Å². The Hall–Kier alpha value is 0.160. The van der Waals surface area contributed by atoms with Gasteiger partial charge in [0, 0.05) is 12.1 Å². The summed E-state index contributed by atoms with van der Waals surface area (Å²) in [4.78, 5) is 2.74. The molecule has 3 aliphatic heterocycles. The van der Waals surface area contributed by atoms with Crippen molar-refractivity contribution in [2.75, 3.05) is 37.7 Å². The highest BCUT2D eigenvalue weighted by Gasteiger charge is 2.44. The largest absolute Gasteiger partial charge is 1.00 e. The van der Waals surface area contributed by atoms with Crippen molar-refractivity contribution in [1.29, 1.82) is 0 Å². The number of sulfone groups is 1. The standard InChI is InChI=1S/C15H29N2O2S.ClH/c1-13-5-6-14(2)16(13)15-4-3-7-17(12-15)8-10-20(18,19)11-9-17;/h13-15H,3-12H2,1-2H3;1H/q+1;/p-1. The lowest BCUT2D eigenvalue weighted by Gasteiger charge is -2.49. The molecule has 3 aliphatic rings. The molecule has 0 bridgehead atoms. The molecule has 0 aromatic carbocycles. The van der Waals surface area contributed by atoms with Crippen molar-refractivity contribution in [3.05, 3.63) is 0 Å². The number of nitrogens with zero attached hydrogens (tertiary/aromatic N) is 2. The predicted octanol–water partition coefficient (Wildman–Crippen LogP) is -1.73. The van der Waals surface area contributed by atoms with Crippen LogP contribution < -0.4 is 12.4 Å². The van der Waals surface area contributed by atoms with Crippen LogP contribution in [0, 0.1) is 0 Å². The molecule has 21 heavy (non-hydrogen) atoms.